The molecule has 1 N–H and O–H groups in total. The van der Waals surface area contributed by atoms with Gasteiger partial charge in [-0.15, -0.1) is 0 Å². The van der Waals surface area contributed by atoms with Crippen LogP contribution in [-0.4, -0.2) is 49.2 Å². The maximum Gasteiger partial charge on any atom is 0.411 e. The van der Waals surface area contributed by atoms with E-state index >= 15 is 0 Å². The summed E-state index contributed by atoms with van der Waals surface area (Å²) in [4.78, 5) is 40.8. The molecule has 2 aromatic rings. The summed E-state index contributed by atoms with van der Waals surface area (Å²) < 4.78 is 14.9. The predicted molar refractivity (Wildman–Crippen MR) is 115 cm³/mol. The fraction of sp³-hybridized carbons (Fsp3) is 0.450. The SMILES string of the molecule is COC.COc1cc2c3c(c(=O)[nH]c2c(Cl)c1Cl)C(C=O)N(C(=O)OC(C)(C)C)C3. The molecule has 1 aliphatic heterocycles. The number of nitrogens with one attached hydrogen (secondary N) is 1. The minimum absolute atomic E-state index is 0.0230. The molecule has 1 aromatic carbocycles. The molecule has 0 aliphatic carbocycles. The van der Waals surface area contributed by atoms with Crippen LogP contribution in [0.25, 0.3) is 10.9 Å². The lowest BCUT2D eigenvalue weighted by Gasteiger charge is -2.26. The maximum absolute atomic E-state index is 12.6. The van der Waals surface area contributed by atoms with E-state index in [2.05, 4.69) is 9.72 Å². The Bertz CT molecular complexity index is 1030. The summed E-state index contributed by atoms with van der Waals surface area (Å²) in [6.07, 6.45) is -0.138. The minimum Gasteiger partial charge on any atom is -0.495 e. The number of hydrogen-bond donors (Lipinski definition) is 1. The molecule has 30 heavy (non-hydrogen) atoms. The van der Waals surface area contributed by atoms with Crippen LogP contribution in [0, 0.1) is 0 Å². The number of carbonyl (C=O) groups excluding carboxylic acids is 2. The number of halogens is 2. The van der Waals surface area contributed by atoms with Crippen molar-refractivity contribution >= 4 is 46.5 Å². The number of methoxy groups -OCH3 is 2. The normalized spacial score (nSPS) is 15.3. The molecule has 1 aliphatic rings. The molecule has 1 atom stereocenters. The van der Waals surface area contributed by atoms with E-state index in [-0.39, 0.29) is 22.2 Å². The number of aromatic amines is 1. The minimum atomic E-state index is -1.05. The second-order valence-corrected chi connectivity index (χ2v) is 8.33. The zero-order chi connectivity index (χ0) is 22.8. The molecule has 164 valence electrons. The lowest BCUT2D eigenvalue weighted by Crippen LogP contribution is -2.36. The van der Waals surface area contributed by atoms with Gasteiger partial charge in [-0.3, -0.25) is 9.69 Å². The molecule has 1 unspecified atom stereocenters. The van der Waals surface area contributed by atoms with E-state index in [0.29, 0.717) is 28.5 Å². The van der Waals surface area contributed by atoms with Crippen LogP contribution in [0.3, 0.4) is 0 Å². The van der Waals surface area contributed by atoms with Crippen molar-refractivity contribution < 1.29 is 23.8 Å². The van der Waals surface area contributed by atoms with Crippen molar-refractivity contribution in [2.45, 2.75) is 39.0 Å². The summed E-state index contributed by atoms with van der Waals surface area (Å²) >= 11 is 12.4. The Hall–Kier alpha value is -2.29. The quantitative estimate of drug-likeness (QED) is 0.680. The lowest BCUT2D eigenvalue weighted by atomic mass is 10.0. The van der Waals surface area contributed by atoms with Gasteiger partial charge in [0.1, 0.15) is 28.7 Å². The third kappa shape index (κ3) is 4.55. The molecule has 1 aromatic heterocycles. The first-order valence-electron chi connectivity index (χ1n) is 8.96. The molecular weight excluding hydrogens is 435 g/mol. The van der Waals surface area contributed by atoms with E-state index in [1.54, 1.807) is 41.1 Å². The van der Waals surface area contributed by atoms with E-state index in [9.17, 15) is 14.4 Å². The third-order valence-electron chi connectivity index (χ3n) is 4.24. The highest BCUT2D eigenvalue weighted by Gasteiger charge is 2.39. The Morgan fingerprint density at radius 2 is 1.83 bits per heavy atom. The molecule has 0 bridgehead atoms. The number of rotatable bonds is 2. The summed E-state index contributed by atoms with van der Waals surface area (Å²) in [5.74, 6) is 0.321. The number of carbonyl (C=O) groups is 2. The first-order valence-corrected chi connectivity index (χ1v) is 9.72. The van der Waals surface area contributed by atoms with E-state index in [1.165, 1.54) is 12.0 Å². The molecule has 10 heteroatoms. The predicted octanol–water partition coefficient (Wildman–Crippen LogP) is 4.10. The van der Waals surface area contributed by atoms with E-state index in [1.807, 2.05) is 0 Å². The number of nitrogens with zero attached hydrogens (tertiary/aromatic N) is 1. The van der Waals surface area contributed by atoms with Gasteiger partial charge in [-0.05, 0) is 32.4 Å². The van der Waals surface area contributed by atoms with E-state index < -0.39 is 23.3 Å². The van der Waals surface area contributed by atoms with Gasteiger partial charge >= 0.3 is 6.09 Å². The fourth-order valence-corrected chi connectivity index (χ4v) is 3.59. The van der Waals surface area contributed by atoms with Gasteiger partial charge in [0.25, 0.3) is 5.56 Å². The molecule has 0 radical (unpaired) electrons. The van der Waals surface area contributed by atoms with Crippen LogP contribution < -0.4 is 10.3 Å². The van der Waals surface area contributed by atoms with Gasteiger partial charge in [-0.1, -0.05) is 23.2 Å². The van der Waals surface area contributed by atoms with Gasteiger partial charge in [-0.2, -0.15) is 0 Å². The highest BCUT2D eigenvalue weighted by Crippen LogP contribution is 2.42. The highest BCUT2D eigenvalue weighted by atomic mass is 35.5. The Morgan fingerprint density at radius 3 is 2.33 bits per heavy atom. The van der Waals surface area contributed by atoms with Gasteiger partial charge in [0, 0.05) is 19.6 Å². The van der Waals surface area contributed by atoms with Crippen LogP contribution in [0.4, 0.5) is 4.79 Å². The van der Waals surface area contributed by atoms with Crippen molar-refractivity contribution in [1.29, 1.82) is 0 Å². The standard InChI is InChI=1S/C18H18Cl2N2O5.C2H6O/c1-18(2,3)27-17(25)22-6-9-8-5-11(26-4)13(19)14(20)15(8)21-16(24)12(9)10(22)7-23;1-3-2/h5,7,10H,6H2,1-4H3,(H,21,24);1-2H3. The Morgan fingerprint density at radius 1 is 1.23 bits per heavy atom. The highest BCUT2D eigenvalue weighted by molar-refractivity contribution is 6.46. The van der Waals surface area contributed by atoms with Crippen molar-refractivity contribution in [2.24, 2.45) is 0 Å². The van der Waals surface area contributed by atoms with Crippen molar-refractivity contribution in [3.63, 3.8) is 0 Å². The number of benzene rings is 1. The van der Waals surface area contributed by atoms with Crippen molar-refractivity contribution in [2.75, 3.05) is 21.3 Å². The average Bonchev–Trinajstić information content (AvgIpc) is 3.05. The summed E-state index contributed by atoms with van der Waals surface area (Å²) in [5, 5.41) is 0.842. The topological polar surface area (TPSA) is 97.9 Å². The summed E-state index contributed by atoms with van der Waals surface area (Å²) in [7, 11) is 4.69. The number of amides is 1. The van der Waals surface area contributed by atoms with Gasteiger partial charge in [-0.25, -0.2) is 4.79 Å². The Kier molecular flexibility index (Phi) is 7.39. The molecule has 2 heterocycles. The number of aromatic nitrogens is 1. The van der Waals surface area contributed by atoms with Crippen LogP contribution in [0.15, 0.2) is 10.9 Å². The fourth-order valence-electron chi connectivity index (χ4n) is 3.12. The van der Waals surface area contributed by atoms with Crippen LogP contribution in [-0.2, 0) is 20.8 Å². The molecule has 8 nitrogen and oxygen atoms in total. The van der Waals surface area contributed by atoms with E-state index in [4.69, 9.17) is 32.7 Å². The summed E-state index contributed by atoms with van der Waals surface area (Å²) in [6, 6.07) is 0.571. The van der Waals surface area contributed by atoms with E-state index in [0.717, 1.165) is 0 Å². The van der Waals surface area contributed by atoms with Gasteiger partial charge < -0.3 is 24.0 Å². The lowest BCUT2D eigenvalue weighted by molar-refractivity contribution is -0.112. The Labute approximate surface area is 184 Å². The maximum atomic E-state index is 12.6. The summed E-state index contributed by atoms with van der Waals surface area (Å²) in [5.41, 5.74) is -0.239. The zero-order valence-electron chi connectivity index (χ0n) is 17.6. The van der Waals surface area contributed by atoms with Crippen molar-refractivity contribution in [3.8, 4) is 5.75 Å². The first kappa shape index (κ1) is 24.0. The molecule has 0 saturated heterocycles. The van der Waals surface area contributed by atoms with Crippen molar-refractivity contribution in [1.82, 2.24) is 9.88 Å². The van der Waals surface area contributed by atoms with Gasteiger partial charge in [0.2, 0.25) is 0 Å². The molecule has 1 amide bonds. The second kappa shape index (κ2) is 9.24. The van der Waals surface area contributed by atoms with Crippen LogP contribution in [0.5, 0.6) is 5.75 Å². The number of ether oxygens (including phenoxy) is 3. The van der Waals surface area contributed by atoms with Crippen molar-refractivity contribution in [3.05, 3.63) is 37.6 Å². The van der Waals surface area contributed by atoms with Gasteiger partial charge in [0.05, 0.1) is 29.8 Å². The van der Waals surface area contributed by atoms with Gasteiger partial charge in [0.15, 0.2) is 0 Å². The monoisotopic (exact) mass is 458 g/mol. The molecule has 0 fully saturated rings. The molecular formula is C20H24Cl2N2O6. The molecule has 0 saturated carbocycles. The summed E-state index contributed by atoms with van der Waals surface area (Å²) in [6.45, 7) is 5.19. The Balaban J connectivity index is 0.00000101. The smallest absolute Gasteiger partial charge is 0.411 e. The van der Waals surface area contributed by atoms with Crippen LogP contribution >= 0.6 is 23.2 Å². The molecule has 0 spiro atoms. The largest absolute Gasteiger partial charge is 0.495 e. The number of hydrogen-bond acceptors (Lipinski definition) is 6. The first-order chi connectivity index (χ1) is 14.0. The van der Waals surface area contributed by atoms with Crippen LogP contribution in [0.1, 0.15) is 37.9 Å². The number of fused-ring (bicyclic) bond motifs is 3. The number of aldehydes is 1. The third-order valence-corrected chi connectivity index (χ3v) is 5.09. The molecule has 3 rings (SSSR count). The second-order valence-electron chi connectivity index (χ2n) is 7.57. The number of pyridine rings is 1. The number of H-pyrrole nitrogens is 1. The van der Waals surface area contributed by atoms with Crippen LogP contribution in [0.2, 0.25) is 10.0 Å². The zero-order valence-corrected chi connectivity index (χ0v) is 19.1. The average molecular weight is 459 g/mol.